The molecule has 0 amide bonds. The van der Waals surface area contributed by atoms with Crippen molar-refractivity contribution in [3.63, 3.8) is 0 Å². The fourth-order valence-electron chi connectivity index (χ4n) is 1.82. The number of nitrogens with zero attached hydrogens (tertiary/aromatic N) is 2. The van der Waals surface area contributed by atoms with Crippen LogP contribution in [0.5, 0.6) is 0 Å². The molecule has 0 radical (unpaired) electrons. The van der Waals surface area contributed by atoms with Gasteiger partial charge in [0.15, 0.2) is 0 Å². The van der Waals surface area contributed by atoms with Crippen molar-refractivity contribution in [3.8, 4) is 11.1 Å². The van der Waals surface area contributed by atoms with E-state index in [2.05, 4.69) is 42.5 Å². The van der Waals surface area contributed by atoms with Crippen LogP contribution >= 0.6 is 0 Å². The van der Waals surface area contributed by atoms with E-state index in [9.17, 15) is 0 Å². The first-order valence-electron chi connectivity index (χ1n) is 6.15. The number of nitrogens with two attached hydrogens (primary N) is 1. The van der Waals surface area contributed by atoms with Crippen molar-refractivity contribution in [3.05, 3.63) is 42.2 Å². The molecule has 90 valence electrons. The number of rotatable bonds is 5. The quantitative estimate of drug-likeness (QED) is 0.856. The minimum Gasteiger partial charge on any atom is -0.330 e. The summed E-state index contributed by atoms with van der Waals surface area (Å²) in [6.45, 7) is 3.77. The summed E-state index contributed by atoms with van der Waals surface area (Å²) in [4.78, 5) is 0. The van der Waals surface area contributed by atoms with Gasteiger partial charge in [0.1, 0.15) is 0 Å². The summed E-state index contributed by atoms with van der Waals surface area (Å²) in [5, 5.41) is 4.33. The first kappa shape index (κ1) is 11.9. The second-order valence-corrected chi connectivity index (χ2v) is 4.18. The van der Waals surface area contributed by atoms with E-state index in [-0.39, 0.29) is 0 Å². The van der Waals surface area contributed by atoms with Gasteiger partial charge in [-0.1, -0.05) is 31.2 Å². The van der Waals surface area contributed by atoms with Gasteiger partial charge in [0.2, 0.25) is 0 Å². The molecular formula is C14H19N3. The minimum absolute atomic E-state index is 0.709. The Morgan fingerprint density at radius 1 is 1.18 bits per heavy atom. The van der Waals surface area contributed by atoms with E-state index in [0.717, 1.165) is 19.4 Å². The lowest BCUT2D eigenvalue weighted by Crippen LogP contribution is -2.05. The minimum atomic E-state index is 0.709. The summed E-state index contributed by atoms with van der Waals surface area (Å²) in [5.74, 6) is 0. The molecular weight excluding hydrogens is 210 g/mol. The van der Waals surface area contributed by atoms with Crippen LogP contribution in [0.25, 0.3) is 11.1 Å². The van der Waals surface area contributed by atoms with Gasteiger partial charge >= 0.3 is 0 Å². The molecule has 2 rings (SSSR count). The zero-order chi connectivity index (χ0) is 12.1. The monoisotopic (exact) mass is 229 g/mol. The fraction of sp³-hybridized carbons (Fsp3) is 0.357. The Morgan fingerprint density at radius 3 is 2.59 bits per heavy atom. The molecule has 1 heterocycles. The van der Waals surface area contributed by atoms with Gasteiger partial charge in [-0.3, -0.25) is 4.68 Å². The molecule has 0 fully saturated rings. The third-order valence-corrected chi connectivity index (χ3v) is 2.92. The lowest BCUT2D eigenvalue weighted by molar-refractivity contribution is 0.585. The van der Waals surface area contributed by atoms with Crippen LogP contribution in [0.2, 0.25) is 0 Å². The Kier molecular flexibility index (Phi) is 3.94. The highest BCUT2D eigenvalue weighted by Crippen LogP contribution is 2.19. The third kappa shape index (κ3) is 2.94. The summed E-state index contributed by atoms with van der Waals surface area (Å²) in [7, 11) is 0. The Hall–Kier alpha value is -1.61. The molecule has 0 atom stereocenters. The van der Waals surface area contributed by atoms with Gasteiger partial charge in [0, 0.05) is 18.3 Å². The third-order valence-electron chi connectivity index (χ3n) is 2.92. The second kappa shape index (κ2) is 5.64. The molecule has 0 aliphatic heterocycles. The Morgan fingerprint density at radius 2 is 1.94 bits per heavy atom. The molecule has 0 spiro atoms. The Bertz CT molecular complexity index is 457. The first-order valence-corrected chi connectivity index (χ1v) is 6.15. The number of aryl methyl sites for hydroxylation is 2. The molecule has 3 nitrogen and oxygen atoms in total. The molecule has 0 aliphatic carbocycles. The molecule has 17 heavy (non-hydrogen) atoms. The van der Waals surface area contributed by atoms with Crippen molar-refractivity contribution in [2.24, 2.45) is 5.73 Å². The predicted molar refractivity (Wildman–Crippen MR) is 70.7 cm³/mol. The van der Waals surface area contributed by atoms with Crippen LogP contribution in [-0.2, 0) is 13.0 Å². The van der Waals surface area contributed by atoms with Crippen LogP contribution in [0, 0.1) is 0 Å². The predicted octanol–water partition coefficient (Wildman–Crippen LogP) is 2.46. The van der Waals surface area contributed by atoms with E-state index in [4.69, 9.17) is 5.73 Å². The van der Waals surface area contributed by atoms with Gasteiger partial charge < -0.3 is 5.73 Å². The summed E-state index contributed by atoms with van der Waals surface area (Å²) in [5.41, 5.74) is 9.24. The number of hydrogen-bond acceptors (Lipinski definition) is 2. The highest BCUT2D eigenvalue weighted by Gasteiger charge is 2.01. The average Bonchev–Trinajstić information content (AvgIpc) is 2.85. The van der Waals surface area contributed by atoms with Crippen molar-refractivity contribution >= 4 is 0 Å². The van der Waals surface area contributed by atoms with E-state index in [1.165, 1.54) is 16.7 Å². The Balaban J connectivity index is 2.12. The molecule has 3 heteroatoms. The largest absolute Gasteiger partial charge is 0.330 e. The van der Waals surface area contributed by atoms with E-state index < -0.39 is 0 Å². The Labute approximate surface area is 102 Å². The summed E-state index contributed by atoms with van der Waals surface area (Å²) >= 11 is 0. The van der Waals surface area contributed by atoms with E-state index in [1.807, 2.05) is 10.9 Å². The lowest BCUT2D eigenvalue weighted by atomic mass is 10.1. The zero-order valence-corrected chi connectivity index (χ0v) is 10.3. The highest BCUT2D eigenvalue weighted by atomic mass is 15.3. The van der Waals surface area contributed by atoms with E-state index in [1.54, 1.807) is 0 Å². The molecule has 1 aromatic heterocycles. The summed E-state index contributed by atoms with van der Waals surface area (Å²) in [6.07, 6.45) is 6.04. The number of aromatic nitrogens is 2. The van der Waals surface area contributed by atoms with E-state index in [0.29, 0.717) is 6.54 Å². The molecule has 0 bridgehead atoms. The molecule has 0 saturated carbocycles. The fourth-order valence-corrected chi connectivity index (χ4v) is 1.82. The van der Waals surface area contributed by atoms with Crippen LogP contribution < -0.4 is 5.73 Å². The maximum Gasteiger partial charge on any atom is 0.0568 e. The topological polar surface area (TPSA) is 43.8 Å². The maximum atomic E-state index is 5.49. The van der Waals surface area contributed by atoms with Crippen molar-refractivity contribution in [2.75, 3.05) is 6.54 Å². The standard InChI is InChI=1S/C14H19N3/c1-2-12-4-6-13(7-5-12)14-10-16-17(11-14)9-3-8-15/h4-7,10-11H,2-3,8-9,15H2,1H3. The van der Waals surface area contributed by atoms with Crippen LogP contribution in [0.3, 0.4) is 0 Å². The second-order valence-electron chi connectivity index (χ2n) is 4.18. The normalized spacial score (nSPS) is 10.7. The maximum absolute atomic E-state index is 5.49. The van der Waals surface area contributed by atoms with Crippen LogP contribution in [0.1, 0.15) is 18.9 Å². The van der Waals surface area contributed by atoms with E-state index >= 15 is 0 Å². The van der Waals surface area contributed by atoms with Crippen LogP contribution in [0.15, 0.2) is 36.7 Å². The van der Waals surface area contributed by atoms with Crippen molar-refractivity contribution in [1.29, 1.82) is 0 Å². The van der Waals surface area contributed by atoms with Gasteiger partial charge in [0.05, 0.1) is 6.20 Å². The highest BCUT2D eigenvalue weighted by molar-refractivity contribution is 5.61. The van der Waals surface area contributed by atoms with Crippen LogP contribution in [0.4, 0.5) is 0 Å². The van der Waals surface area contributed by atoms with Gasteiger partial charge in [-0.25, -0.2) is 0 Å². The summed E-state index contributed by atoms with van der Waals surface area (Å²) in [6, 6.07) is 8.66. The smallest absolute Gasteiger partial charge is 0.0568 e. The number of hydrogen-bond donors (Lipinski definition) is 1. The average molecular weight is 229 g/mol. The number of benzene rings is 1. The van der Waals surface area contributed by atoms with Crippen LogP contribution in [-0.4, -0.2) is 16.3 Å². The molecule has 0 saturated heterocycles. The molecule has 1 aromatic carbocycles. The molecule has 2 aromatic rings. The SMILES string of the molecule is CCc1ccc(-c2cnn(CCCN)c2)cc1. The molecule has 0 unspecified atom stereocenters. The van der Waals surface area contributed by atoms with Gasteiger partial charge in [-0.2, -0.15) is 5.10 Å². The first-order chi connectivity index (χ1) is 8.33. The van der Waals surface area contributed by atoms with Gasteiger partial charge in [0.25, 0.3) is 0 Å². The van der Waals surface area contributed by atoms with Gasteiger partial charge in [-0.05, 0) is 30.5 Å². The molecule has 2 N–H and O–H groups in total. The zero-order valence-electron chi connectivity index (χ0n) is 10.3. The lowest BCUT2D eigenvalue weighted by Gasteiger charge is -2.00. The van der Waals surface area contributed by atoms with Crippen molar-refractivity contribution in [1.82, 2.24) is 9.78 Å². The van der Waals surface area contributed by atoms with Gasteiger partial charge in [-0.15, -0.1) is 0 Å². The van der Waals surface area contributed by atoms with Crippen molar-refractivity contribution < 1.29 is 0 Å². The van der Waals surface area contributed by atoms with Crippen molar-refractivity contribution in [2.45, 2.75) is 26.3 Å². The summed E-state index contributed by atoms with van der Waals surface area (Å²) < 4.78 is 1.95. The molecule has 0 aliphatic rings.